The normalized spacial score (nSPS) is 24.9. The third-order valence-electron chi connectivity index (χ3n) is 9.58. The van der Waals surface area contributed by atoms with Crippen molar-refractivity contribution >= 4 is 11.6 Å². The molecule has 0 spiro atoms. The second-order valence-electron chi connectivity index (χ2n) is 13.3. The minimum absolute atomic E-state index is 0.00415. The Balaban J connectivity index is 1.36. The Morgan fingerprint density at radius 2 is 1.58 bits per heavy atom. The summed E-state index contributed by atoms with van der Waals surface area (Å²) in [5.74, 6) is -0.554. The number of aliphatic hydroxyl groups is 1. The number of piperidine rings is 2. The molecule has 3 heterocycles. The van der Waals surface area contributed by atoms with E-state index in [1.165, 1.54) is 6.07 Å². The molecule has 0 radical (unpaired) electrons. The van der Waals surface area contributed by atoms with Crippen molar-refractivity contribution < 1.29 is 32.2 Å². The number of benzene rings is 2. The van der Waals surface area contributed by atoms with Gasteiger partial charge in [0.15, 0.2) is 0 Å². The average Bonchev–Trinajstić information content (AvgIpc) is 3.36. The molecule has 0 aliphatic carbocycles. The Labute approximate surface area is 251 Å². The lowest BCUT2D eigenvalue weighted by molar-refractivity contribution is -0.145. The molecule has 3 saturated heterocycles. The number of hydrogen-bond acceptors (Lipinski definition) is 5. The number of carbonyl (C=O) groups is 1. The van der Waals surface area contributed by atoms with E-state index >= 15 is 4.39 Å². The first-order valence-corrected chi connectivity index (χ1v) is 15.2. The highest BCUT2D eigenvalue weighted by Crippen LogP contribution is 2.45. The van der Waals surface area contributed by atoms with Gasteiger partial charge in [0.05, 0.1) is 18.8 Å². The van der Waals surface area contributed by atoms with Gasteiger partial charge in [-0.1, -0.05) is 18.2 Å². The number of anilines is 1. The Bertz CT molecular complexity index is 1280. The van der Waals surface area contributed by atoms with Crippen molar-refractivity contribution in [2.45, 2.75) is 81.8 Å². The smallest absolute Gasteiger partial charge is 0.416 e. The number of ether oxygens (including phenoxy) is 1. The maximum Gasteiger partial charge on any atom is 0.416 e. The van der Waals surface area contributed by atoms with Crippen LogP contribution in [0.5, 0.6) is 5.75 Å². The molecule has 2 aromatic carbocycles. The van der Waals surface area contributed by atoms with E-state index in [9.17, 15) is 23.1 Å². The summed E-state index contributed by atoms with van der Waals surface area (Å²) in [5.41, 5.74) is -1.01. The topological polar surface area (TPSA) is 56.2 Å². The number of aliphatic hydroxyl groups excluding tert-OH is 1. The summed E-state index contributed by atoms with van der Waals surface area (Å²) in [5, 5.41) is 9.96. The van der Waals surface area contributed by atoms with Crippen LogP contribution in [0, 0.1) is 0 Å². The molecule has 0 saturated carbocycles. The van der Waals surface area contributed by atoms with Crippen LogP contribution in [0.25, 0.3) is 0 Å². The zero-order chi connectivity index (χ0) is 31.2. The van der Waals surface area contributed by atoms with Gasteiger partial charge in [0.1, 0.15) is 5.75 Å². The van der Waals surface area contributed by atoms with Crippen LogP contribution in [-0.2, 0) is 11.0 Å². The van der Waals surface area contributed by atoms with Crippen molar-refractivity contribution in [3.05, 3.63) is 59.2 Å². The van der Waals surface area contributed by atoms with Crippen molar-refractivity contribution in [3.8, 4) is 5.75 Å². The van der Waals surface area contributed by atoms with Crippen molar-refractivity contribution in [2.75, 3.05) is 51.3 Å². The van der Waals surface area contributed by atoms with E-state index in [4.69, 9.17) is 4.74 Å². The minimum Gasteiger partial charge on any atom is -0.497 e. The highest BCUT2D eigenvalue weighted by atomic mass is 19.4. The first-order valence-electron chi connectivity index (χ1n) is 15.2. The van der Waals surface area contributed by atoms with Crippen LogP contribution >= 0.6 is 0 Å². The maximum absolute atomic E-state index is 17.1. The number of rotatable bonds is 5. The molecule has 1 N–H and O–H groups in total. The van der Waals surface area contributed by atoms with Gasteiger partial charge in [-0.3, -0.25) is 9.69 Å². The van der Waals surface area contributed by atoms with Crippen LogP contribution in [0.2, 0.25) is 0 Å². The molecular formula is C33H43F4N3O3. The molecule has 6 nitrogen and oxygen atoms in total. The van der Waals surface area contributed by atoms with Gasteiger partial charge in [-0.25, -0.2) is 4.39 Å². The van der Waals surface area contributed by atoms with Crippen molar-refractivity contribution in [3.63, 3.8) is 0 Å². The zero-order valence-electron chi connectivity index (χ0n) is 25.5. The van der Waals surface area contributed by atoms with Crippen LogP contribution in [0.3, 0.4) is 0 Å². The van der Waals surface area contributed by atoms with Crippen LogP contribution in [-0.4, -0.2) is 84.5 Å². The molecule has 0 bridgehead atoms. The van der Waals surface area contributed by atoms with Crippen molar-refractivity contribution in [1.82, 2.24) is 9.80 Å². The molecule has 236 valence electrons. The lowest BCUT2D eigenvalue weighted by Gasteiger charge is -2.39. The molecule has 3 fully saturated rings. The molecule has 2 atom stereocenters. The van der Waals surface area contributed by atoms with Crippen LogP contribution in [0.4, 0.5) is 23.2 Å². The van der Waals surface area contributed by atoms with E-state index in [1.54, 1.807) is 30.2 Å². The van der Waals surface area contributed by atoms with Crippen LogP contribution in [0.1, 0.15) is 75.0 Å². The van der Waals surface area contributed by atoms with Crippen molar-refractivity contribution in [1.29, 1.82) is 0 Å². The molecule has 43 heavy (non-hydrogen) atoms. The number of nitrogens with zero attached hydrogens (tertiary/aromatic N) is 3. The summed E-state index contributed by atoms with van der Waals surface area (Å²) in [7, 11) is 1.57. The predicted octanol–water partition coefficient (Wildman–Crippen LogP) is 5.99. The standard InChI is InChI=1S/C33H43F4N3O3/c1-31(2,3)40-20-28(23-5-8-26(43-4)9-6-23)32(34,21-40)30(42)39-15-11-22(12-16-39)27-10-7-24(33(35,36)37)19-29(27)38-17-13-25(41)14-18-38/h5-10,19,22,25,28,41H,11-18,20-21H2,1-4H3/t28-,32-/m0/s1. The van der Waals surface area contributed by atoms with Gasteiger partial charge >= 0.3 is 6.18 Å². The Morgan fingerprint density at radius 3 is 2.14 bits per heavy atom. The van der Waals surface area contributed by atoms with Crippen LogP contribution < -0.4 is 9.64 Å². The SMILES string of the molecule is COc1ccc([C@@H]2CN(C(C)(C)C)C[C@@]2(F)C(=O)N2CCC(c3ccc(C(F)(F)F)cc3N3CCC(O)CC3)CC2)cc1. The van der Waals surface area contributed by atoms with Gasteiger partial charge < -0.3 is 19.6 Å². The Kier molecular flexibility index (Phi) is 8.75. The third-order valence-corrected chi connectivity index (χ3v) is 9.58. The number of likely N-dealkylation sites (tertiary alicyclic amines) is 2. The molecular weight excluding hydrogens is 562 g/mol. The number of hydrogen-bond donors (Lipinski definition) is 1. The Hall–Kier alpha value is -2.85. The lowest BCUT2D eigenvalue weighted by Crippen LogP contribution is -2.53. The van der Waals surface area contributed by atoms with Gasteiger partial charge in [-0.15, -0.1) is 0 Å². The van der Waals surface area contributed by atoms with E-state index in [1.807, 2.05) is 42.7 Å². The number of halogens is 4. The van der Waals surface area contributed by atoms with Gasteiger partial charge in [0.25, 0.3) is 5.91 Å². The van der Waals surface area contributed by atoms with E-state index in [0.29, 0.717) is 69.8 Å². The first-order chi connectivity index (χ1) is 20.2. The molecule has 5 rings (SSSR count). The molecule has 10 heteroatoms. The van der Waals surface area contributed by atoms with Gasteiger partial charge in [-0.05, 0) is 87.8 Å². The molecule has 0 aromatic heterocycles. The number of amides is 1. The first kappa shape index (κ1) is 31.6. The van der Waals surface area contributed by atoms with E-state index < -0.39 is 35.3 Å². The summed E-state index contributed by atoms with van der Waals surface area (Å²) >= 11 is 0. The largest absolute Gasteiger partial charge is 0.497 e. The average molecular weight is 606 g/mol. The summed E-state index contributed by atoms with van der Waals surface area (Å²) in [6.07, 6.45) is -2.83. The predicted molar refractivity (Wildman–Crippen MR) is 158 cm³/mol. The Morgan fingerprint density at radius 1 is 0.953 bits per heavy atom. The summed E-state index contributed by atoms with van der Waals surface area (Å²) in [4.78, 5) is 19.6. The zero-order valence-corrected chi connectivity index (χ0v) is 25.5. The number of alkyl halides is 4. The monoisotopic (exact) mass is 605 g/mol. The van der Waals surface area contributed by atoms with E-state index in [0.717, 1.165) is 17.2 Å². The maximum atomic E-state index is 17.1. The number of carbonyl (C=O) groups excluding carboxylic acids is 1. The van der Waals surface area contributed by atoms with Gasteiger partial charge in [-0.2, -0.15) is 13.2 Å². The highest BCUT2D eigenvalue weighted by molar-refractivity contribution is 5.87. The highest BCUT2D eigenvalue weighted by Gasteiger charge is 2.57. The molecule has 3 aliphatic heterocycles. The fourth-order valence-corrected chi connectivity index (χ4v) is 6.85. The van der Waals surface area contributed by atoms with Gasteiger partial charge in [0.2, 0.25) is 5.67 Å². The fourth-order valence-electron chi connectivity index (χ4n) is 6.85. The third kappa shape index (κ3) is 6.50. The molecule has 3 aliphatic rings. The summed E-state index contributed by atoms with van der Waals surface area (Å²) < 4.78 is 63.3. The number of methoxy groups -OCH3 is 1. The molecule has 0 unspecified atom stereocenters. The van der Waals surface area contributed by atoms with Crippen LogP contribution in [0.15, 0.2) is 42.5 Å². The molecule has 2 aromatic rings. The summed E-state index contributed by atoms with van der Waals surface area (Å²) in [6, 6.07) is 11.2. The second-order valence-corrected chi connectivity index (χ2v) is 13.3. The fraction of sp³-hybridized carbons (Fsp3) is 0.606. The second kappa shape index (κ2) is 11.9. The quantitative estimate of drug-likeness (QED) is 0.425. The minimum atomic E-state index is -4.46. The lowest BCUT2D eigenvalue weighted by atomic mass is 9.83. The summed E-state index contributed by atoms with van der Waals surface area (Å²) in [6.45, 7) is 8.09. The molecule has 1 amide bonds. The van der Waals surface area contributed by atoms with Crippen molar-refractivity contribution in [2.24, 2.45) is 0 Å². The van der Waals surface area contributed by atoms with E-state index in [2.05, 4.69) is 0 Å². The van der Waals surface area contributed by atoms with Gasteiger partial charge in [0, 0.05) is 56.4 Å². The van der Waals surface area contributed by atoms with E-state index in [-0.39, 0.29) is 18.0 Å².